The third kappa shape index (κ3) is 5.56. The molecule has 0 N–H and O–H groups in total. The second-order valence-corrected chi connectivity index (χ2v) is 7.84. The highest BCUT2D eigenvalue weighted by atomic mass is 19.4. The largest absolute Gasteiger partial charge is 0.496 e. The van der Waals surface area contributed by atoms with Gasteiger partial charge in [-0.05, 0) is 55.7 Å². The van der Waals surface area contributed by atoms with E-state index < -0.39 is 11.7 Å². The topological polar surface area (TPSA) is 48.7 Å². The molecule has 0 saturated heterocycles. The molecule has 2 aliphatic rings. The van der Waals surface area contributed by atoms with Crippen LogP contribution in [0.4, 0.5) is 17.6 Å². The summed E-state index contributed by atoms with van der Waals surface area (Å²) in [6.07, 6.45) is 10.1. The van der Waals surface area contributed by atoms with Crippen LogP contribution in [0.15, 0.2) is 30.5 Å². The molecule has 2 aliphatic carbocycles. The van der Waals surface area contributed by atoms with Gasteiger partial charge in [-0.1, -0.05) is 6.07 Å². The molecule has 2 saturated carbocycles. The Labute approximate surface area is 189 Å². The van der Waals surface area contributed by atoms with Gasteiger partial charge in [0, 0.05) is 18.2 Å². The average Bonchev–Trinajstić information content (AvgIpc) is 3.73. The average molecular weight is 463 g/mol. The molecule has 0 amide bonds. The Morgan fingerprint density at radius 1 is 1.00 bits per heavy atom. The van der Waals surface area contributed by atoms with Crippen LogP contribution in [-0.2, 0) is 12.6 Å². The lowest BCUT2D eigenvalue weighted by molar-refractivity contribution is -0.137. The van der Waals surface area contributed by atoms with Gasteiger partial charge in [0.05, 0.1) is 14.2 Å². The summed E-state index contributed by atoms with van der Waals surface area (Å²) in [4.78, 5) is 0. The summed E-state index contributed by atoms with van der Waals surface area (Å²) in [5, 5.41) is 7.57. The molecule has 0 radical (unpaired) electrons. The van der Waals surface area contributed by atoms with Gasteiger partial charge in [0.2, 0.25) is 0 Å². The van der Waals surface area contributed by atoms with Crippen molar-refractivity contribution in [1.82, 2.24) is 14.6 Å². The molecule has 2 aromatic heterocycles. The quantitative estimate of drug-likeness (QED) is 0.361. The van der Waals surface area contributed by atoms with Gasteiger partial charge < -0.3 is 9.47 Å². The smallest absolute Gasteiger partial charge is 0.423 e. The van der Waals surface area contributed by atoms with E-state index in [0.717, 1.165) is 31.2 Å². The number of fused-ring (bicyclic) bond motifs is 1. The van der Waals surface area contributed by atoms with E-state index in [0.29, 0.717) is 29.8 Å². The van der Waals surface area contributed by atoms with Gasteiger partial charge in [-0.2, -0.15) is 13.2 Å². The van der Waals surface area contributed by atoms with E-state index in [-0.39, 0.29) is 17.2 Å². The first-order valence-electron chi connectivity index (χ1n) is 10.5. The zero-order chi connectivity index (χ0) is 24.2. The molecule has 0 atom stereocenters. The maximum absolute atomic E-state index is 13.2. The van der Waals surface area contributed by atoms with Crippen LogP contribution in [0.3, 0.4) is 0 Å². The Balaban J connectivity index is 0.000000188. The summed E-state index contributed by atoms with van der Waals surface area (Å²) >= 11 is 0. The van der Waals surface area contributed by atoms with Crippen molar-refractivity contribution in [3.05, 3.63) is 53.2 Å². The fourth-order valence-electron chi connectivity index (χ4n) is 3.61. The van der Waals surface area contributed by atoms with Crippen LogP contribution in [0.1, 0.15) is 48.6 Å². The maximum atomic E-state index is 13.2. The Morgan fingerprint density at radius 3 is 2.21 bits per heavy atom. The van der Waals surface area contributed by atoms with Crippen LogP contribution < -0.4 is 9.47 Å². The Hall–Kier alpha value is -3.28. The second kappa shape index (κ2) is 10.1. The standard InChI is InChI=1S/C12H12F3N3O.C10H11FO.C2H2/c1-19-8-4-5-18-9(6-7-2-3-7)16-17-11(18)10(8)12(13,14)15;1-12-9-4-2-3-8(11)10(9)7-5-6-7;1-2/h4-5,7H,2-3,6H2,1H3;2-4,7H,5-6H2,1H3;1-2H. The summed E-state index contributed by atoms with van der Waals surface area (Å²) in [6, 6.07) is 6.29. The van der Waals surface area contributed by atoms with Crippen LogP contribution in [0.25, 0.3) is 5.65 Å². The molecule has 9 heteroatoms. The summed E-state index contributed by atoms with van der Waals surface area (Å²) in [6.45, 7) is 0. The van der Waals surface area contributed by atoms with Crippen molar-refractivity contribution in [2.45, 2.75) is 44.2 Å². The lowest BCUT2D eigenvalue weighted by Gasteiger charge is -2.12. The third-order valence-electron chi connectivity index (χ3n) is 5.50. The van der Waals surface area contributed by atoms with Crippen molar-refractivity contribution in [1.29, 1.82) is 0 Å². The molecule has 0 spiro atoms. The van der Waals surface area contributed by atoms with Gasteiger partial charge in [0.25, 0.3) is 0 Å². The minimum absolute atomic E-state index is 0.128. The van der Waals surface area contributed by atoms with Gasteiger partial charge in [-0.3, -0.25) is 4.40 Å². The summed E-state index contributed by atoms with van der Waals surface area (Å²) in [5.74, 6) is 1.84. The number of alkyl halides is 3. The first-order chi connectivity index (χ1) is 15.8. The van der Waals surface area contributed by atoms with Gasteiger partial charge in [0.15, 0.2) is 5.65 Å². The predicted octanol–water partition coefficient (Wildman–Crippen LogP) is 5.67. The van der Waals surface area contributed by atoms with E-state index in [1.807, 2.05) is 6.07 Å². The van der Waals surface area contributed by atoms with Crippen molar-refractivity contribution in [3.8, 4) is 24.3 Å². The van der Waals surface area contributed by atoms with Gasteiger partial charge in [-0.15, -0.1) is 23.0 Å². The fourth-order valence-corrected chi connectivity index (χ4v) is 3.61. The molecule has 2 heterocycles. The first kappa shape index (κ1) is 24.4. The molecular formula is C24H25F4N3O2. The Morgan fingerprint density at radius 2 is 1.67 bits per heavy atom. The van der Waals surface area contributed by atoms with Crippen molar-refractivity contribution in [2.75, 3.05) is 14.2 Å². The number of rotatable bonds is 5. The summed E-state index contributed by atoms with van der Waals surface area (Å²) in [5.41, 5.74) is -0.297. The number of methoxy groups -OCH3 is 2. The number of aromatic nitrogens is 3. The zero-order valence-electron chi connectivity index (χ0n) is 18.4. The van der Waals surface area contributed by atoms with E-state index in [2.05, 4.69) is 23.0 Å². The number of hydrogen-bond donors (Lipinski definition) is 0. The number of benzene rings is 1. The highest BCUT2D eigenvalue weighted by Crippen LogP contribution is 2.45. The molecule has 5 nitrogen and oxygen atoms in total. The molecule has 3 aromatic rings. The normalized spacial score (nSPS) is 15.2. The summed E-state index contributed by atoms with van der Waals surface area (Å²) < 4.78 is 63.8. The Kier molecular flexibility index (Phi) is 7.46. The number of terminal acetylenes is 1. The molecule has 176 valence electrons. The minimum atomic E-state index is -4.52. The van der Waals surface area contributed by atoms with Gasteiger partial charge >= 0.3 is 6.18 Å². The van der Waals surface area contributed by atoms with E-state index in [4.69, 9.17) is 9.47 Å². The van der Waals surface area contributed by atoms with E-state index >= 15 is 0 Å². The Bertz CT molecular complexity index is 1120. The van der Waals surface area contributed by atoms with Crippen molar-refractivity contribution in [3.63, 3.8) is 0 Å². The van der Waals surface area contributed by atoms with Crippen LogP contribution in [0.5, 0.6) is 11.5 Å². The van der Waals surface area contributed by atoms with E-state index in [1.54, 1.807) is 13.2 Å². The van der Waals surface area contributed by atoms with Crippen molar-refractivity contribution in [2.24, 2.45) is 5.92 Å². The molecule has 5 rings (SSSR count). The predicted molar refractivity (Wildman–Crippen MR) is 116 cm³/mol. The molecule has 0 aliphatic heterocycles. The first-order valence-corrected chi connectivity index (χ1v) is 10.5. The zero-order valence-corrected chi connectivity index (χ0v) is 18.4. The minimum Gasteiger partial charge on any atom is -0.496 e. The lowest BCUT2D eigenvalue weighted by Crippen LogP contribution is -2.10. The molecule has 2 fully saturated rings. The highest BCUT2D eigenvalue weighted by molar-refractivity contribution is 5.56. The molecule has 33 heavy (non-hydrogen) atoms. The fraction of sp³-hybridized carbons (Fsp3) is 0.417. The molecule has 0 unspecified atom stereocenters. The number of halogens is 4. The number of nitrogens with zero attached hydrogens (tertiary/aromatic N) is 3. The van der Waals surface area contributed by atoms with E-state index in [9.17, 15) is 17.6 Å². The number of pyridine rings is 1. The van der Waals surface area contributed by atoms with Crippen LogP contribution >= 0.6 is 0 Å². The number of hydrogen-bond acceptors (Lipinski definition) is 4. The molecule has 0 bridgehead atoms. The number of ether oxygens (including phenoxy) is 2. The molecule has 1 aromatic carbocycles. The second-order valence-electron chi connectivity index (χ2n) is 7.84. The van der Waals surface area contributed by atoms with Crippen LogP contribution in [0.2, 0.25) is 0 Å². The SMILES string of the molecule is C#C.COc1cccc(F)c1C1CC1.COc1ccn2c(CC3CC3)nnc2c1C(F)(F)F. The lowest BCUT2D eigenvalue weighted by atomic mass is 10.1. The van der Waals surface area contributed by atoms with E-state index in [1.165, 1.54) is 29.8 Å². The van der Waals surface area contributed by atoms with Crippen molar-refractivity contribution >= 4 is 5.65 Å². The van der Waals surface area contributed by atoms with Gasteiger partial charge in [-0.25, -0.2) is 4.39 Å². The summed E-state index contributed by atoms with van der Waals surface area (Å²) in [7, 11) is 2.79. The van der Waals surface area contributed by atoms with Crippen molar-refractivity contribution < 1.29 is 27.0 Å². The van der Waals surface area contributed by atoms with Crippen LogP contribution in [0, 0.1) is 24.6 Å². The maximum Gasteiger partial charge on any atom is 0.423 e. The van der Waals surface area contributed by atoms with Crippen LogP contribution in [-0.4, -0.2) is 28.8 Å². The van der Waals surface area contributed by atoms with Gasteiger partial charge in [0.1, 0.15) is 28.7 Å². The highest BCUT2D eigenvalue weighted by Gasteiger charge is 2.38. The third-order valence-corrected chi connectivity index (χ3v) is 5.50. The molecular weight excluding hydrogens is 438 g/mol. The monoisotopic (exact) mass is 463 g/mol.